The van der Waals surface area contributed by atoms with Gasteiger partial charge < -0.3 is 0 Å². The van der Waals surface area contributed by atoms with E-state index >= 15 is 0 Å². The van der Waals surface area contributed by atoms with E-state index in [4.69, 9.17) is 0 Å². The van der Waals surface area contributed by atoms with E-state index in [1.54, 1.807) is 26.2 Å². The molecule has 1 aliphatic heterocycles. The molecule has 1 unspecified atom stereocenters. The van der Waals surface area contributed by atoms with Crippen LogP contribution in [-0.4, -0.2) is 59.4 Å². The van der Waals surface area contributed by atoms with Gasteiger partial charge in [-0.2, -0.15) is 0 Å². The van der Waals surface area contributed by atoms with Gasteiger partial charge in [0.25, 0.3) is 0 Å². The third-order valence-electron chi connectivity index (χ3n) is 5.29. The standard InChI is InChI=1S/C20H25N5O2S/c1-23(2)28(26,27)18-9-5-7-16(13-18)14-24-11-6-8-17(15-24)20-22-21-19-10-3-4-12-25(19)20/h3-5,7,9-10,12-13,17H,6,8,11,14-15H2,1-2H3. The number of piperidine rings is 1. The monoisotopic (exact) mass is 399 g/mol. The van der Waals surface area contributed by atoms with Gasteiger partial charge in [-0.15, -0.1) is 10.2 Å². The van der Waals surface area contributed by atoms with Gasteiger partial charge in [0.15, 0.2) is 5.65 Å². The van der Waals surface area contributed by atoms with Gasteiger partial charge in [0, 0.05) is 39.3 Å². The van der Waals surface area contributed by atoms with E-state index in [0.29, 0.717) is 10.8 Å². The van der Waals surface area contributed by atoms with Crippen LogP contribution in [0, 0.1) is 0 Å². The Kier molecular flexibility index (Phi) is 5.18. The van der Waals surface area contributed by atoms with E-state index in [-0.39, 0.29) is 0 Å². The van der Waals surface area contributed by atoms with Gasteiger partial charge >= 0.3 is 0 Å². The molecular formula is C20H25N5O2S. The fourth-order valence-corrected chi connectivity index (χ4v) is 4.79. The fraction of sp³-hybridized carbons (Fsp3) is 0.400. The molecular weight excluding hydrogens is 374 g/mol. The second kappa shape index (κ2) is 7.62. The zero-order chi connectivity index (χ0) is 19.7. The van der Waals surface area contributed by atoms with E-state index in [9.17, 15) is 8.42 Å². The lowest BCUT2D eigenvalue weighted by Gasteiger charge is -2.32. The summed E-state index contributed by atoms with van der Waals surface area (Å²) in [4.78, 5) is 2.71. The van der Waals surface area contributed by atoms with E-state index in [0.717, 1.165) is 49.5 Å². The quantitative estimate of drug-likeness (QED) is 0.659. The van der Waals surface area contributed by atoms with Crippen molar-refractivity contribution in [3.63, 3.8) is 0 Å². The summed E-state index contributed by atoms with van der Waals surface area (Å²) in [6, 6.07) is 13.2. The highest BCUT2D eigenvalue weighted by Gasteiger charge is 2.25. The molecule has 0 bridgehead atoms. The van der Waals surface area contributed by atoms with Gasteiger partial charge in [-0.25, -0.2) is 12.7 Å². The number of aromatic nitrogens is 3. The van der Waals surface area contributed by atoms with Crippen LogP contribution in [0.5, 0.6) is 0 Å². The molecule has 148 valence electrons. The van der Waals surface area contributed by atoms with Crippen molar-refractivity contribution in [3.8, 4) is 0 Å². The summed E-state index contributed by atoms with van der Waals surface area (Å²) in [7, 11) is -0.306. The minimum absolute atomic E-state index is 0.319. The number of pyridine rings is 1. The lowest BCUT2D eigenvalue weighted by atomic mass is 9.96. The SMILES string of the molecule is CN(C)S(=O)(=O)c1cccc(CN2CCCC(c3nnc4ccccn34)C2)c1. The Morgan fingerprint density at radius 3 is 2.82 bits per heavy atom. The van der Waals surface area contributed by atoms with E-state index < -0.39 is 10.0 Å². The Morgan fingerprint density at radius 1 is 1.14 bits per heavy atom. The Morgan fingerprint density at radius 2 is 2.00 bits per heavy atom. The van der Waals surface area contributed by atoms with Gasteiger partial charge in [0.05, 0.1) is 4.90 Å². The maximum atomic E-state index is 12.4. The van der Waals surface area contributed by atoms with Crippen LogP contribution >= 0.6 is 0 Å². The molecule has 0 saturated carbocycles. The molecule has 2 aromatic heterocycles. The highest BCUT2D eigenvalue weighted by atomic mass is 32.2. The van der Waals surface area contributed by atoms with Gasteiger partial charge in [-0.3, -0.25) is 9.30 Å². The van der Waals surface area contributed by atoms with Crippen molar-refractivity contribution in [2.75, 3.05) is 27.2 Å². The highest BCUT2D eigenvalue weighted by Crippen LogP contribution is 2.27. The third-order valence-corrected chi connectivity index (χ3v) is 7.11. The molecule has 0 N–H and O–H groups in total. The molecule has 4 rings (SSSR count). The number of hydrogen-bond donors (Lipinski definition) is 0. The first kappa shape index (κ1) is 19.0. The molecule has 1 atom stereocenters. The second-order valence-corrected chi connectivity index (χ2v) is 9.65. The Labute approximate surface area is 165 Å². The lowest BCUT2D eigenvalue weighted by molar-refractivity contribution is 0.196. The molecule has 0 amide bonds. The van der Waals surface area contributed by atoms with Crippen LogP contribution in [-0.2, 0) is 16.6 Å². The zero-order valence-corrected chi connectivity index (χ0v) is 17.0. The average Bonchev–Trinajstić information content (AvgIpc) is 3.12. The minimum atomic E-state index is -3.42. The lowest BCUT2D eigenvalue weighted by Crippen LogP contribution is -2.34. The van der Waals surface area contributed by atoms with Crippen LogP contribution in [0.2, 0.25) is 0 Å². The first-order chi connectivity index (χ1) is 13.4. The summed E-state index contributed by atoms with van der Waals surface area (Å²) in [6.07, 6.45) is 4.18. The molecule has 8 heteroatoms. The maximum Gasteiger partial charge on any atom is 0.242 e. The van der Waals surface area contributed by atoms with Gasteiger partial charge in [0.2, 0.25) is 10.0 Å². The summed E-state index contributed by atoms with van der Waals surface area (Å²) in [5, 5.41) is 8.71. The third kappa shape index (κ3) is 3.67. The van der Waals surface area contributed by atoms with Gasteiger partial charge in [-0.05, 0) is 49.2 Å². The molecule has 0 aliphatic carbocycles. The summed E-state index contributed by atoms with van der Waals surface area (Å²) in [5.74, 6) is 1.32. The molecule has 0 radical (unpaired) electrons. The fourth-order valence-electron chi connectivity index (χ4n) is 3.82. The number of fused-ring (bicyclic) bond motifs is 1. The summed E-state index contributed by atoms with van der Waals surface area (Å²) in [5.41, 5.74) is 1.88. The Bertz CT molecular complexity index is 1080. The van der Waals surface area contributed by atoms with Gasteiger partial charge in [0.1, 0.15) is 5.82 Å². The second-order valence-electron chi connectivity index (χ2n) is 7.50. The minimum Gasteiger partial charge on any atom is -0.298 e. The topological polar surface area (TPSA) is 70.8 Å². The molecule has 3 heterocycles. The Balaban J connectivity index is 1.52. The van der Waals surface area contributed by atoms with Crippen molar-refractivity contribution in [1.29, 1.82) is 0 Å². The largest absolute Gasteiger partial charge is 0.298 e. The molecule has 28 heavy (non-hydrogen) atoms. The van der Waals surface area contributed by atoms with Crippen molar-refractivity contribution in [2.24, 2.45) is 0 Å². The van der Waals surface area contributed by atoms with Crippen molar-refractivity contribution in [1.82, 2.24) is 23.8 Å². The van der Waals surface area contributed by atoms with Crippen LogP contribution < -0.4 is 0 Å². The molecule has 3 aromatic rings. The number of hydrogen-bond acceptors (Lipinski definition) is 5. The first-order valence-electron chi connectivity index (χ1n) is 9.48. The van der Waals surface area contributed by atoms with Crippen molar-refractivity contribution in [3.05, 3.63) is 60.0 Å². The van der Waals surface area contributed by atoms with Crippen molar-refractivity contribution in [2.45, 2.75) is 30.2 Å². The van der Waals surface area contributed by atoms with Crippen LogP contribution in [0.15, 0.2) is 53.6 Å². The molecule has 0 spiro atoms. The average molecular weight is 400 g/mol. The van der Waals surface area contributed by atoms with Crippen molar-refractivity contribution < 1.29 is 8.42 Å². The number of nitrogens with zero attached hydrogens (tertiary/aromatic N) is 5. The summed E-state index contributed by atoms with van der Waals surface area (Å²) < 4.78 is 28.1. The van der Waals surface area contributed by atoms with Crippen LogP contribution in [0.4, 0.5) is 0 Å². The number of benzene rings is 1. The Hall–Kier alpha value is -2.29. The highest BCUT2D eigenvalue weighted by molar-refractivity contribution is 7.89. The normalized spacial score (nSPS) is 18.8. The molecule has 7 nitrogen and oxygen atoms in total. The maximum absolute atomic E-state index is 12.4. The summed E-state index contributed by atoms with van der Waals surface area (Å²) >= 11 is 0. The van der Waals surface area contributed by atoms with Crippen LogP contribution in [0.25, 0.3) is 5.65 Å². The molecule has 1 aromatic carbocycles. The predicted molar refractivity (Wildman–Crippen MR) is 108 cm³/mol. The summed E-state index contributed by atoms with van der Waals surface area (Å²) in [6.45, 7) is 2.61. The van der Waals surface area contributed by atoms with Crippen LogP contribution in [0.1, 0.15) is 30.1 Å². The van der Waals surface area contributed by atoms with E-state index in [2.05, 4.69) is 19.5 Å². The molecule has 1 fully saturated rings. The van der Waals surface area contributed by atoms with Crippen LogP contribution in [0.3, 0.4) is 0 Å². The predicted octanol–water partition coefficient (Wildman–Crippen LogP) is 2.36. The van der Waals surface area contributed by atoms with E-state index in [1.807, 2.05) is 36.5 Å². The number of likely N-dealkylation sites (tertiary alicyclic amines) is 1. The van der Waals surface area contributed by atoms with Gasteiger partial charge in [-0.1, -0.05) is 18.2 Å². The number of rotatable bonds is 5. The first-order valence-corrected chi connectivity index (χ1v) is 10.9. The molecule has 1 aliphatic rings. The zero-order valence-electron chi connectivity index (χ0n) is 16.2. The molecule has 1 saturated heterocycles. The van der Waals surface area contributed by atoms with Crippen molar-refractivity contribution >= 4 is 15.7 Å². The smallest absolute Gasteiger partial charge is 0.242 e. The van der Waals surface area contributed by atoms with E-state index in [1.165, 1.54) is 4.31 Å². The number of sulfonamides is 1.